The van der Waals surface area contributed by atoms with Gasteiger partial charge >= 0.3 is 0 Å². The van der Waals surface area contributed by atoms with Gasteiger partial charge in [-0.3, -0.25) is 4.79 Å². The number of benzene rings is 1. The van der Waals surface area contributed by atoms with E-state index in [1.165, 1.54) is 6.07 Å². The highest BCUT2D eigenvalue weighted by atomic mass is 35.5. The molecule has 1 aromatic rings. The Bertz CT molecular complexity index is 619. The number of hydrogen-bond donors (Lipinski definition) is 2. The average Bonchev–Trinajstić information content (AvgIpc) is 2.36. The summed E-state index contributed by atoms with van der Waals surface area (Å²) in [7, 11) is -3.61. The molecule has 2 N–H and O–H groups in total. The zero-order valence-electron chi connectivity index (χ0n) is 10.5. The minimum Gasteiger partial charge on any atom is -0.355 e. The van der Waals surface area contributed by atoms with Crippen molar-refractivity contribution in [3.8, 4) is 0 Å². The molecule has 0 aromatic heterocycles. The lowest BCUT2D eigenvalue weighted by Gasteiger charge is -2.22. The first-order valence-electron chi connectivity index (χ1n) is 6.09. The minimum absolute atomic E-state index is 0.242. The summed E-state index contributed by atoms with van der Waals surface area (Å²) in [5, 5.41) is 3.30. The highest BCUT2D eigenvalue weighted by Gasteiger charge is 2.26. The molecule has 2 rings (SSSR count). The van der Waals surface area contributed by atoms with Gasteiger partial charge in [-0.1, -0.05) is 29.3 Å². The van der Waals surface area contributed by atoms with Crippen molar-refractivity contribution in [3.05, 3.63) is 33.8 Å². The number of rotatable bonds is 4. The van der Waals surface area contributed by atoms with E-state index in [0.29, 0.717) is 28.6 Å². The molecule has 1 aliphatic heterocycles. The van der Waals surface area contributed by atoms with Gasteiger partial charge in [-0.2, -0.15) is 0 Å². The molecule has 1 heterocycles. The van der Waals surface area contributed by atoms with Crippen molar-refractivity contribution >= 4 is 39.1 Å². The summed E-state index contributed by atoms with van der Waals surface area (Å²) in [6.07, 6.45) is 1.26. The Morgan fingerprint density at radius 1 is 1.30 bits per heavy atom. The molecule has 1 fully saturated rings. The molecule has 1 aliphatic rings. The van der Waals surface area contributed by atoms with Gasteiger partial charge in [0.2, 0.25) is 15.9 Å². The average molecular weight is 337 g/mol. The smallest absolute Gasteiger partial charge is 0.238 e. The summed E-state index contributed by atoms with van der Waals surface area (Å²) in [5.74, 6) is -0.526. The molecule has 5 nitrogen and oxygen atoms in total. The first-order chi connectivity index (χ1) is 9.37. The van der Waals surface area contributed by atoms with Crippen molar-refractivity contribution in [1.29, 1.82) is 0 Å². The Hall–Kier alpha value is -0.820. The number of carbonyl (C=O) groups excluding carboxylic acids is 1. The van der Waals surface area contributed by atoms with E-state index in [1.54, 1.807) is 12.1 Å². The number of hydrogen-bond acceptors (Lipinski definition) is 3. The zero-order valence-corrected chi connectivity index (χ0v) is 12.9. The number of sulfonamides is 1. The summed E-state index contributed by atoms with van der Waals surface area (Å²) in [6, 6.07) is 3.94. The fourth-order valence-corrected chi connectivity index (χ4v) is 3.67. The summed E-state index contributed by atoms with van der Waals surface area (Å²) in [6.45, 7) is 0.587. The van der Waals surface area contributed by atoms with E-state index in [1.807, 2.05) is 0 Å². The summed E-state index contributed by atoms with van der Waals surface area (Å²) in [5.41, 5.74) is 0.517. The van der Waals surface area contributed by atoms with E-state index >= 15 is 0 Å². The quantitative estimate of drug-likeness (QED) is 0.878. The highest BCUT2D eigenvalue weighted by Crippen LogP contribution is 2.23. The van der Waals surface area contributed by atoms with Crippen LogP contribution in [0.15, 0.2) is 18.2 Å². The van der Waals surface area contributed by atoms with Crippen LogP contribution < -0.4 is 10.0 Å². The van der Waals surface area contributed by atoms with Crippen LogP contribution in [-0.4, -0.2) is 26.9 Å². The molecule has 1 atom stereocenters. The third-order valence-electron chi connectivity index (χ3n) is 2.95. The molecule has 1 aromatic carbocycles. The van der Waals surface area contributed by atoms with Crippen LogP contribution >= 0.6 is 23.2 Å². The van der Waals surface area contributed by atoms with Crippen LogP contribution in [0, 0.1) is 0 Å². The molecule has 0 aliphatic carbocycles. The van der Waals surface area contributed by atoms with Gasteiger partial charge in [0.05, 0.1) is 15.8 Å². The third kappa shape index (κ3) is 4.09. The van der Waals surface area contributed by atoms with E-state index in [4.69, 9.17) is 23.2 Å². The zero-order chi connectivity index (χ0) is 14.8. The van der Waals surface area contributed by atoms with E-state index in [-0.39, 0.29) is 11.7 Å². The van der Waals surface area contributed by atoms with Gasteiger partial charge in [-0.05, 0) is 30.5 Å². The van der Waals surface area contributed by atoms with Crippen molar-refractivity contribution in [2.24, 2.45) is 0 Å². The molecular weight excluding hydrogens is 323 g/mol. The fourth-order valence-electron chi connectivity index (χ4n) is 1.99. The maximum Gasteiger partial charge on any atom is 0.238 e. The SMILES string of the molecule is O=C1NCCC[C@H]1NS(=O)(=O)Cc1ccc(Cl)c(Cl)c1. The van der Waals surface area contributed by atoms with E-state index in [9.17, 15) is 13.2 Å². The molecular formula is C12H14Cl2N2O3S. The Balaban J connectivity index is 2.06. The van der Waals surface area contributed by atoms with E-state index in [0.717, 1.165) is 6.42 Å². The van der Waals surface area contributed by atoms with Gasteiger partial charge < -0.3 is 5.32 Å². The maximum atomic E-state index is 12.0. The maximum absolute atomic E-state index is 12.0. The minimum atomic E-state index is -3.61. The normalized spacial score (nSPS) is 19.7. The predicted molar refractivity (Wildman–Crippen MR) is 78.3 cm³/mol. The van der Waals surface area contributed by atoms with Crippen molar-refractivity contribution in [1.82, 2.24) is 10.0 Å². The van der Waals surface area contributed by atoms with Gasteiger partial charge in [0, 0.05) is 6.54 Å². The van der Waals surface area contributed by atoms with Crippen LogP contribution in [0.4, 0.5) is 0 Å². The Morgan fingerprint density at radius 2 is 2.05 bits per heavy atom. The molecule has 0 radical (unpaired) electrons. The van der Waals surface area contributed by atoms with Crippen molar-refractivity contribution < 1.29 is 13.2 Å². The van der Waals surface area contributed by atoms with Gasteiger partial charge in [0.25, 0.3) is 0 Å². The first kappa shape index (κ1) is 15.6. The highest BCUT2D eigenvalue weighted by molar-refractivity contribution is 7.88. The second-order valence-electron chi connectivity index (χ2n) is 4.61. The Labute approximate surface area is 127 Å². The van der Waals surface area contributed by atoms with Crippen LogP contribution in [0.2, 0.25) is 10.0 Å². The van der Waals surface area contributed by atoms with E-state index < -0.39 is 16.1 Å². The second kappa shape index (κ2) is 6.30. The van der Waals surface area contributed by atoms with Crippen LogP contribution in [0.3, 0.4) is 0 Å². The van der Waals surface area contributed by atoms with Crippen molar-refractivity contribution in [2.45, 2.75) is 24.6 Å². The van der Waals surface area contributed by atoms with Crippen LogP contribution in [-0.2, 0) is 20.6 Å². The molecule has 0 unspecified atom stereocenters. The molecule has 1 saturated heterocycles. The fraction of sp³-hybridized carbons (Fsp3) is 0.417. The number of piperidine rings is 1. The molecule has 1 amide bonds. The molecule has 8 heteroatoms. The predicted octanol–water partition coefficient (Wildman–Crippen LogP) is 1.69. The lowest BCUT2D eigenvalue weighted by atomic mass is 10.1. The largest absolute Gasteiger partial charge is 0.355 e. The Kier molecular flexibility index (Phi) is 4.90. The van der Waals surface area contributed by atoms with Gasteiger partial charge in [0.1, 0.15) is 6.04 Å². The monoisotopic (exact) mass is 336 g/mol. The van der Waals surface area contributed by atoms with E-state index in [2.05, 4.69) is 10.0 Å². The number of carbonyl (C=O) groups is 1. The number of nitrogens with one attached hydrogen (secondary N) is 2. The van der Waals surface area contributed by atoms with Crippen LogP contribution in [0.1, 0.15) is 18.4 Å². The van der Waals surface area contributed by atoms with Crippen molar-refractivity contribution in [2.75, 3.05) is 6.54 Å². The summed E-state index contributed by atoms with van der Waals surface area (Å²) < 4.78 is 26.5. The summed E-state index contributed by atoms with van der Waals surface area (Å²) in [4.78, 5) is 11.5. The summed E-state index contributed by atoms with van der Waals surface area (Å²) >= 11 is 11.6. The Morgan fingerprint density at radius 3 is 2.70 bits per heavy atom. The third-order valence-corrected chi connectivity index (χ3v) is 5.04. The number of amides is 1. The molecule has 0 bridgehead atoms. The molecule has 0 spiro atoms. The van der Waals surface area contributed by atoms with Gasteiger partial charge in [-0.25, -0.2) is 13.1 Å². The van der Waals surface area contributed by atoms with Gasteiger partial charge in [0.15, 0.2) is 0 Å². The number of halogens is 2. The standard InChI is InChI=1S/C12H14Cl2N2O3S/c13-9-4-3-8(6-10(9)14)7-20(18,19)16-11-2-1-5-15-12(11)17/h3-4,6,11,16H,1-2,5,7H2,(H,15,17)/t11-/m1/s1. The van der Waals surface area contributed by atoms with Crippen molar-refractivity contribution in [3.63, 3.8) is 0 Å². The molecule has 0 saturated carbocycles. The molecule has 20 heavy (non-hydrogen) atoms. The second-order valence-corrected chi connectivity index (χ2v) is 7.18. The lowest BCUT2D eigenvalue weighted by molar-refractivity contribution is -0.124. The topological polar surface area (TPSA) is 75.3 Å². The first-order valence-corrected chi connectivity index (χ1v) is 8.50. The van der Waals surface area contributed by atoms with Crippen LogP contribution in [0.5, 0.6) is 0 Å². The lowest BCUT2D eigenvalue weighted by Crippen LogP contribution is -2.50. The molecule has 110 valence electrons. The van der Waals surface area contributed by atoms with Crippen LogP contribution in [0.25, 0.3) is 0 Å². The van der Waals surface area contributed by atoms with Gasteiger partial charge in [-0.15, -0.1) is 0 Å².